The lowest BCUT2D eigenvalue weighted by atomic mass is 10.1. The van der Waals surface area contributed by atoms with Crippen LogP contribution in [0.15, 0.2) is 18.2 Å². The number of aryl methyl sites for hydroxylation is 1. The first kappa shape index (κ1) is 11.9. The van der Waals surface area contributed by atoms with E-state index in [1.54, 1.807) is 0 Å². The van der Waals surface area contributed by atoms with Gasteiger partial charge in [-0.1, -0.05) is 12.1 Å². The first-order chi connectivity index (χ1) is 6.82. The number of hydrogen-bond donors (Lipinski definition) is 2. The third kappa shape index (κ3) is 2.87. The van der Waals surface area contributed by atoms with Gasteiger partial charge in [0, 0.05) is 0 Å². The zero-order valence-electron chi connectivity index (χ0n) is 7.75. The van der Waals surface area contributed by atoms with Crippen LogP contribution in [0, 0.1) is 6.92 Å². The van der Waals surface area contributed by atoms with Gasteiger partial charge >= 0.3 is 13.5 Å². The Hall–Kier alpha value is -1.21. The summed E-state index contributed by atoms with van der Waals surface area (Å²) in [6, 6.07) is 3.62. The van der Waals surface area contributed by atoms with E-state index in [1.165, 1.54) is 19.1 Å². The van der Waals surface area contributed by atoms with E-state index < -0.39 is 24.8 Å². The van der Waals surface area contributed by atoms with Crippen molar-refractivity contribution in [3.8, 4) is 5.75 Å². The summed E-state index contributed by atoms with van der Waals surface area (Å²) in [6.07, 6.45) is -4.59. The van der Waals surface area contributed by atoms with E-state index in [4.69, 9.17) is 10.0 Å². The summed E-state index contributed by atoms with van der Waals surface area (Å²) in [5, 5.41) is 16.9. The van der Waals surface area contributed by atoms with Gasteiger partial charge in [-0.15, -0.1) is 0 Å². The van der Waals surface area contributed by atoms with Gasteiger partial charge in [-0.2, -0.15) is 13.2 Å². The molecule has 0 radical (unpaired) electrons. The molecule has 0 saturated carbocycles. The van der Waals surface area contributed by atoms with Gasteiger partial charge in [0.15, 0.2) is 0 Å². The van der Waals surface area contributed by atoms with Gasteiger partial charge in [-0.05, 0) is 18.6 Å². The Balaban J connectivity index is 3.21. The highest BCUT2D eigenvalue weighted by molar-refractivity contribution is 6.33. The zero-order chi connectivity index (χ0) is 11.6. The lowest BCUT2D eigenvalue weighted by Crippen LogP contribution is -2.23. The van der Waals surface area contributed by atoms with Gasteiger partial charge in [-0.25, -0.2) is 0 Å². The third-order valence-electron chi connectivity index (χ3n) is 1.75. The molecule has 1 rings (SSSR count). The highest BCUT2D eigenvalue weighted by Crippen LogP contribution is 2.38. The van der Waals surface area contributed by atoms with Crippen LogP contribution < -0.4 is 4.65 Å². The normalized spacial score (nSPS) is 11.3. The van der Waals surface area contributed by atoms with E-state index in [0.717, 1.165) is 6.07 Å². The lowest BCUT2D eigenvalue weighted by Gasteiger charge is -2.15. The molecule has 0 spiro atoms. The predicted octanol–water partition coefficient (Wildman–Crippen LogP) is 1.36. The fourth-order valence-corrected chi connectivity index (χ4v) is 1.22. The van der Waals surface area contributed by atoms with E-state index in [1.807, 2.05) is 0 Å². The molecule has 3 nitrogen and oxygen atoms in total. The fraction of sp³-hybridized carbons (Fsp3) is 0.250. The van der Waals surface area contributed by atoms with Gasteiger partial charge in [0.25, 0.3) is 0 Å². The number of hydrogen-bond acceptors (Lipinski definition) is 3. The van der Waals surface area contributed by atoms with Crippen molar-refractivity contribution in [3.05, 3.63) is 29.3 Å². The van der Waals surface area contributed by atoms with Crippen LogP contribution >= 0.6 is 0 Å². The highest BCUT2D eigenvalue weighted by atomic mass is 19.4. The Morgan fingerprint density at radius 3 is 2.33 bits per heavy atom. The van der Waals surface area contributed by atoms with E-state index in [-0.39, 0.29) is 5.56 Å². The standard InChI is InChI=1S/C8H8BF3O3/c1-5-3-2-4-6(15-9(13)14)7(5)8(10,11)12/h2-4,13-14H,1H3. The van der Waals surface area contributed by atoms with Gasteiger partial charge < -0.3 is 14.7 Å². The topological polar surface area (TPSA) is 49.7 Å². The molecule has 0 fully saturated rings. The molecular formula is C8H8BF3O3. The van der Waals surface area contributed by atoms with Gasteiger partial charge in [-0.3, -0.25) is 0 Å². The van der Waals surface area contributed by atoms with Gasteiger partial charge in [0.2, 0.25) is 0 Å². The molecule has 0 aromatic heterocycles. The van der Waals surface area contributed by atoms with Gasteiger partial charge in [0.05, 0.1) is 5.56 Å². The Labute approximate surface area is 84.3 Å². The summed E-state index contributed by atoms with van der Waals surface area (Å²) in [7, 11) is -2.27. The Kier molecular flexibility index (Phi) is 3.26. The molecule has 82 valence electrons. The quantitative estimate of drug-likeness (QED) is 0.739. The Bertz CT molecular complexity index is 351. The van der Waals surface area contributed by atoms with Crippen LogP contribution in [0.5, 0.6) is 5.75 Å². The number of alkyl halides is 3. The van der Waals surface area contributed by atoms with Gasteiger partial charge in [0.1, 0.15) is 5.75 Å². The van der Waals surface area contributed by atoms with Crippen LogP contribution in [-0.4, -0.2) is 17.4 Å². The summed E-state index contributed by atoms with van der Waals surface area (Å²) >= 11 is 0. The molecule has 0 unspecified atom stereocenters. The molecule has 7 heteroatoms. The molecule has 0 aliphatic rings. The van der Waals surface area contributed by atoms with E-state index >= 15 is 0 Å². The lowest BCUT2D eigenvalue weighted by molar-refractivity contribution is -0.138. The molecule has 0 aliphatic heterocycles. The molecule has 0 saturated heterocycles. The molecule has 15 heavy (non-hydrogen) atoms. The predicted molar refractivity (Wildman–Crippen MR) is 47.0 cm³/mol. The second-order valence-corrected chi connectivity index (χ2v) is 2.89. The molecule has 0 amide bonds. The average molecular weight is 220 g/mol. The van der Waals surface area contributed by atoms with Crippen molar-refractivity contribution in [3.63, 3.8) is 0 Å². The second-order valence-electron chi connectivity index (χ2n) is 2.89. The van der Waals surface area contributed by atoms with Crippen LogP contribution in [0.4, 0.5) is 13.2 Å². The summed E-state index contributed by atoms with van der Waals surface area (Å²) in [5.74, 6) is -0.600. The van der Waals surface area contributed by atoms with Crippen molar-refractivity contribution in [2.75, 3.05) is 0 Å². The Morgan fingerprint density at radius 2 is 1.87 bits per heavy atom. The minimum Gasteiger partial charge on any atom is -0.511 e. The zero-order valence-corrected chi connectivity index (χ0v) is 7.75. The van der Waals surface area contributed by atoms with Crippen molar-refractivity contribution in [1.29, 1.82) is 0 Å². The van der Waals surface area contributed by atoms with E-state index in [2.05, 4.69) is 4.65 Å². The molecule has 0 atom stereocenters. The third-order valence-corrected chi connectivity index (χ3v) is 1.75. The molecule has 0 bridgehead atoms. The first-order valence-corrected chi connectivity index (χ1v) is 4.02. The number of rotatable bonds is 2. The summed E-state index contributed by atoms with van der Waals surface area (Å²) in [5.41, 5.74) is -1.04. The summed E-state index contributed by atoms with van der Waals surface area (Å²) in [6.45, 7) is 1.26. The maximum atomic E-state index is 12.5. The molecule has 1 aromatic rings. The largest absolute Gasteiger partial charge is 0.707 e. The summed E-state index contributed by atoms with van der Waals surface area (Å²) < 4.78 is 41.8. The van der Waals surface area contributed by atoms with Crippen molar-refractivity contribution in [1.82, 2.24) is 0 Å². The minimum atomic E-state index is -4.59. The number of benzene rings is 1. The molecule has 0 aliphatic carbocycles. The van der Waals surface area contributed by atoms with E-state index in [9.17, 15) is 13.2 Å². The van der Waals surface area contributed by atoms with Crippen LogP contribution in [-0.2, 0) is 6.18 Å². The Morgan fingerprint density at radius 1 is 1.27 bits per heavy atom. The highest BCUT2D eigenvalue weighted by Gasteiger charge is 2.36. The SMILES string of the molecule is Cc1cccc(OB(O)O)c1C(F)(F)F. The molecule has 0 heterocycles. The smallest absolute Gasteiger partial charge is 0.511 e. The molecule has 1 aromatic carbocycles. The number of halogens is 3. The van der Waals surface area contributed by atoms with Crippen LogP contribution in [0.25, 0.3) is 0 Å². The van der Waals surface area contributed by atoms with Crippen molar-refractivity contribution >= 4 is 7.32 Å². The van der Waals surface area contributed by atoms with Crippen molar-refractivity contribution in [2.24, 2.45) is 0 Å². The monoisotopic (exact) mass is 220 g/mol. The maximum absolute atomic E-state index is 12.5. The average Bonchev–Trinajstić information content (AvgIpc) is 1.99. The summed E-state index contributed by atoms with van der Waals surface area (Å²) in [4.78, 5) is 0. The van der Waals surface area contributed by atoms with Crippen molar-refractivity contribution < 1.29 is 27.9 Å². The fourth-order valence-electron chi connectivity index (χ4n) is 1.22. The molecular weight excluding hydrogens is 212 g/mol. The second kappa shape index (κ2) is 4.12. The van der Waals surface area contributed by atoms with Crippen LogP contribution in [0.3, 0.4) is 0 Å². The van der Waals surface area contributed by atoms with E-state index in [0.29, 0.717) is 0 Å². The van der Waals surface area contributed by atoms with Crippen LogP contribution in [0.1, 0.15) is 11.1 Å². The molecule has 2 N–H and O–H groups in total. The van der Waals surface area contributed by atoms with Crippen molar-refractivity contribution in [2.45, 2.75) is 13.1 Å². The van der Waals surface area contributed by atoms with Crippen LogP contribution in [0.2, 0.25) is 0 Å². The first-order valence-electron chi connectivity index (χ1n) is 4.02. The maximum Gasteiger partial charge on any atom is 0.707 e. The minimum absolute atomic E-state index is 0.0411.